The number of nitrogens with two attached hydrogens (primary N) is 1. The first-order chi connectivity index (χ1) is 8.40. The summed E-state index contributed by atoms with van der Waals surface area (Å²) >= 11 is 4.84. The van der Waals surface area contributed by atoms with Crippen molar-refractivity contribution in [3.63, 3.8) is 0 Å². The third-order valence-electron chi connectivity index (χ3n) is 2.35. The molecule has 0 saturated carbocycles. The monoisotopic (exact) mass is 269 g/mol. The van der Waals surface area contributed by atoms with Gasteiger partial charge in [-0.05, 0) is 12.8 Å². The van der Waals surface area contributed by atoms with Crippen LogP contribution in [0.3, 0.4) is 0 Å². The summed E-state index contributed by atoms with van der Waals surface area (Å²) in [5.74, 6) is 0.849. The molecule has 1 aromatic heterocycles. The molecule has 5 nitrogen and oxygen atoms in total. The molecule has 0 aliphatic carbocycles. The van der Waals surface area contributed by atoms with Gasteiger partial charge in [0.15, 0.2) is 5.69 Å². The van der Waals surface area contributed by atoms with E-state index in [0.29, 0.717) is 41.9 Å². The van der Waals surface area contributed by atoms with Gasteiger partial charge in [-0.1, -0.05) is 31.2 Å². The number of carbonyl (C=O) groups is 1. The second-order valence-electron chi connectivity index (χ2n) is 4.68. The van der Waals surface area contributed by atoms with E-state index in [4.69, 9.17) is 22.5 Å². The predicted octanol–water partition coefficient (Wildman–Crippen LogP) is 1.76. The van der Waals surface area contributed by atoms with Gasteiger partial charge in [0.2, 0.25) is 0 Å². The third-order valence-corrected chi connectivity index (χ3v) is 2.55. The highest BCUT2D eigenvalue weighted by atomic mass is 32.1. The molecule has 1 heterocycles. The van der Waals surface area contributed by atoms with Crippen LogP contribution in [0.4, 0.5) is 0 Å². The van der Waals surface area contributed by atoms with Crippen LogP contribution in [0, 0.1) is 12.8 Å². The number of thiocarbonyl (C=S) groups is 1. The zero-order chi connectivity index (χ0) is 13.7. The van der Waals surface area contributed by atoms with Crippen molar-refractivity contribution in [1.82, 2.24) is 10.1 Å². The summed E-state index contributed by atoms with van der Waals surface area (Å²) in [6.07, 6.45) is 0.518. The fraction of sp³-hybridized carbons (Fsp3) is 0.583. The minimum atomic E-state index is -0.142. The summed E-state index contributed by atoms with van der Waals surface area (Å²) in [7, 11) is 0. The normalized spacial score (nSPS) is 10.7. The summed E-state index contributed by atoms with van der Waals surface area (Å²) in [6.45, 7) is 7.02. The number of hydrogen-bond donors (Lipinski definition) is 1. The second-order valence-corrected chi connectivity index (χ2v) is 5.21. The minimum absolute atomic E-state index is 0.142. The summed E-state index contributed by atoms with van der Waals surface area (Å²) in [4.78, 5) is 14.3. The first kappa shape index (κ1) is 14.6. The van der Waals surface area contributed by atoms with Gasteiger partial charge in [0, 0.05) is 25.6 Å². The second kappa shape index (κ2) is 6.49. The molecule has 2 N–H and O–H groups in total. The summed E-state index contributed by atoms with van der Waals surface area (Å²) in [5.41, 5.74) is 5.80. The highest BCUT2D eigenvalue weighted by Crippen LogP contribution is 2.09. The van der Waals surface area contributed by atoms with Gasteiger partial charge in [-0.25, -0.2) is 0 Å². The molecule has 0 saturated heterocycles. The van der Waals surface area contributed by atoms with E-state index in [9.17, 15) is 4.79 Å². The number of amides is 1. The predicted molar refractivity (Wildman–Crippen MR) is 73.4 cm³/mol. The topological polar surface area (TPSA) is 72.4 Å². The fourth-order valence-electron chi connectivity index (χ4n) is 1.59. The molecule has 18 heavy (non-hydrogen) atoms. The molecule has 100 valence electrons. The molecule has 0 aliphatic rings. The Hall–Kier alpha value is -1.43. The molecule has 0 aliphatic heterocycles. The Kier molecular flexibility index (Phi) is 5.27. The van der Waals surface area contributed by atoms with Gasteiger partial charge >= 0.3 is 0 Å². The average molecular weight is 269 g/mol. The number of nitrogens with zero attached hydrogens (tertiary/aromatic N) is 2. The molecule has 6 heteroatoms. The molecule has 1 amide bonds. The minimum Gasteiger partial charge on any atom is -0.393 e. The lowest BCUT2D eigenvalue weighted by atomic mass is 10.2. The van der Waals surface area contributed by atoms with Crippen LogP contribution >= 0.6 is 12.2 Å². The van der Waals surface area contributed by atoms with Gasteiger partial charge in [-0.3, -0.25) is 4.79 Å². The van der Waals surface area contributed by atoms with Crippen molar-refractivity contribution in [2.24, 2.45) is 11.7 Å². The van der Waals surface area contributed by atoms with Crippen molar-refractivity contribution < 1.29 is 9.32 Å². The number of carbonyl (C=O) groups excluding carboxylic acids is 1. The number of rotatable bonds is 6. The molecule has 0 radical (unpaired) electrons. The van der Waals surface area contributed by atoms with Crippen LogP contribution < -0.4 is 5.73 Å². The van der Waals surface area contributed by atoms with Gasteiger partial charge < -0.3 is 15.2 Å². The molecule has 0 atom stereocenters. The van der Waals surface area contributed by atoms with Gasteiger partial charge in [-0.2, -0.15) is 0 Å². The maximum Gasteiger partial charge on any atom is 0.276 e. The van der Waals surface area contributed by atoms with Gasteiger partial charge in [0.05, 0.1) is 4.99 Å². The zero-order valence-electron chi connectivity index (χ0n) is 11.0. The summed E-state index contributed by atoms with van der Waals surface area (Å²) < 4.78 is 4.92. The van der Waals surface area contributed by atoms with Crippen molar-refractivity contribution in [2.45, 2.75) is 27.2 Å². The number of aryl methyl sites for hydroxylation is 1. The molecule has 1 rings (SSSR count). The van der Waals surface area contributed by atoms with E-state index in [2.05, 4.69) is 19.0 Å². The summed E-state index contributed by atoms with van der Waals surface area (Å²) in [6, 6.07) is 1.64. The van der Waals surface area contributed by atoms with Crippen molar-refractivity contribution >= 4 is 23.1 Å². The Morgan fingerprint density at radius 1 is 1.61 bits per heavy atom. The number of aromatic nitrogens is 1. The molecular weight excluding hydrogens is 250 g/mol. The lowest BCUT2D eigenvalue weighted by molar-refractivity contribution is 0.0730. The van der Waals surface area contributed by atoms with Crippen LogP contribution in [-0.4, -0.2) is 34.0 Å². The fourth-order valence-corrected chi connectivity index (χ4v) is 1.68. The Bertz CT molecular complexity index is 429. The molecule has 0 bridgehead atoms. The van der Waals surface area contributed by atoms with Crippen molar-refractivity contribution in [2.75, 3.05) is 13.1 Å². The van der Waals surface area contributed by atoms with E-state index >= 15 is 0 Å². The highest BCUT2D eigenvalue weighted by Gasteiger charge is 2.20. The highest BCUT2D eigenvalue weighted by molar-refractivity contribution is 7.80. The van der Waals surface area contributed by atoms with Crippen LogP contribution in [0.5, 0.6) is 0 Å². The van der Waals surface area contributed by atoms with Crippen LogP contribution in [0.2, 0.25) is 0 Å². The third kappa shape index (κ3) is 4.44. The molecule has 1 aromatic rings. The largest absolute Gasteiger partial charge is 0.393 e. The van der Waals surface area contributed by atoms with Crippen molar-refractivity contribution in [3.05, 3.63) is 17.5 Å². The Morgan fingerprint density at radius 3 is 2.72 bits per heavy atom. The maximum absolute atomic E-state index is 12.2. The van der Waals surface area contributed by atoms with E-state index < -0.39 is 0 Å². The molecule has 0 fully saturated rings. The van der Waals surface area contributed by atoms with Crippen LogP contribution in [0.25, 0.3) is 0 Å². The first-order valence-electron chi connectivity index (χ1n) is 5.91. The Balaban J connectivity index is 2.75. The van der Waals surface area contributed by atoms with Gasteiger partial charge in [0.1, 0.15) is 5.76 Å². The first-order valence-corrected chi connectivity index (χ1v) is 6.32. The maximum atomic E-state index is 12.2. The number of hydrogen-bond acceptors (Lipinski definition) is 4. The van der Waals surface area contributed by atoms with E-state index in [-0.39, 0.29) is 5.91 Å². The molecule has 0 aromatic carbocycles. The van der Waals surface area contributed by atoms with Crippen molar-refractivity contribution in [3.8, 4) is 0 Å². The van der Waals surface area contributed by atoms with E-state index in [0.717, 1.165) is 0 Å². The smallest absolute Gasteiger partial charge is 0.276 e. The quantitative estimate of drug-likeness (QED) is 0.797. The summed E-state index contributed by atoms with van der Waals surface area (Å²) in [5, 5.41) is 3.74. The SMILES string of the molecule is Cc1cc(C(=O)N(CCC(N)=S)CC(C)C)no1. The zero-order valence-corrected chi connectivity index (χ0v) is 11.8. The standard InChI is InChI=1S/C12H19N3O2S/c1-8(2)7-15(5-4-11(13)18)12(16)10-6-9(3)17-14-10/h6,8H,4-5,7H2,1-3H3,(H2,13,18). The Morgan fingerprint density at radius 2 is 2.28 bits per heavy atom. The molecular formula is C12H19N3O2S. The van der Waals surface area contributed by atoms with E-state index in [1.54, 1.807) is 17.9 Å². The lowest BCUT2D eigenvalue weighted by Crippen LogP contribution is -2.36. The van der Waals surface area contributed by atoms with Crippen LogP contribution in [0.1, 0.15) is 36.5 Å². The van der Waals surface area contributed by atoms with Gasteiger partial charge in [-0.15, -0.1) is 0 Å². The van der Waals surface area contributed by atoms with Crippen LogP contribution in [0.15, 0.2) is 10.6 Å². The van der Waals surface area contributed by atoms with Crippen LogP contribution in [-0.2, 0) is 0 Å². The van der Waals surface area contributed by atoms with E-state index in [1.807, 2.05) is 0 Å². The van der Waals surface area contributed by atoms with Crippen molar-refractivity contribution in [1.29, 1.82) is 0 Å². The van der Waals surface area contributed by atoms with Gasteiger partial charge in [0.25, 0.3) is 5.91 Å². The Labute approximate surface area is 112 Å². The average Bonchev–Trinajstić information content (AvgIpc) is 2.69. The molecule has 0 spiro atoms. The molecule has 0 unspecified atom stereocenters. The lowest BCUT2D eigenvalue weighted by Gasteiger charge is -2.23. The van der Waals surface area contributed by atoms with E-state index in [1.165, 1.54) is 0 Å².